The number of unbranched alkanes of at least 4 members (excludes halogenated alkanes) is 3. The number of aryl methyl sites for hydroxylation is 1. The normalized spacial score (nSPS) is 13.1. The first-order valence-electron chi connectivity index (χ1n) is 18.0. The van der Waals surface area contributed by atoms with Gasteiger partial charge in [0.2, 0.25) is 0 Å². The van der Waals surface area contributed by atoms with Crippen LogP contribution in [0.5, 0.6) is 5.75 Å². The van der Waals surface area contributed by atoms with E-state index in [1.54, 1.807) is 0 Å². The van der Waals surface area contributed by atoms with Gasteiger partial charge in [-0.05, 0) is 99.0 Å². The van der Waals surface area contributed by atoms with Gasteiger partial charge >= 0.3 is 6.09 Å². The molecule has 0 fully saturated rings. The Bertz CT molecular complexity index is 1640. The van der Waals surface area contributed by atoms with Crippen LogP contribution in [0.4, 0.5) is 4.79 Å². The zero-order valence-electron chi connectivity index (χ0n) is 29.3. The molecule has 8 nitrogen and oxygen atoms in total. The number of ether oxygens (including phenoxy) is 1. The summed E-state index contributed by atoms with van der Waals surface area (Å²) < 4.78 is 7.84. The number of nitrogens with one attached hydrogen (secondary N) is 1. The number of hydrogen-bond donors (Lipinski definition) is 1. The molecule has 5 rings (SSSR count). The van der Waals surface area contributed by atoms with Crippen LogP contribution in [-0.4, -0.2) is 64.1 Å². The van der Waals surface area contributed by atoms with E-state index < -0.39 is 6.09 Å². The van der Waals surface area contributed by atoms with E-state index in [9.17, 15) is 9.59 Å². The first-order chi connectivity index (χ1) is 23.3. The van der Waals surface area contributed by atoms with E-state index in [0.29, 0.717) is 43.3 Å². The molecule has 0 spiro atoms. The Labute approximate surface area is 286 Å². The van der Waals surface area contributed by atoms with E-state index in [2.05, 4.69) is 52.9 Å². The Morgan fingerprint density at radius 3 is 2.42 bits per heavy atom. The van der Waals surface area contributed by atoms with Crippen LogP contribution in [0, 0.1) is 5.92 Å². The second kappa shape index (κ2) is 17.3. The van der Waals surface area contributed by atoms with Gasteiger partial charge in [-0.25, -0.2) is 9.78 Å². The highest BCUT2D eigenvalue weighted by Gasteiger charge is 2.18. The number of rotatable bonds is 16. The zero-order valence-corrected chi connectivity index (χ0v) is 29.3. The highest BCUT2D eigenvalue weighted by atomic mass is 16.6. The summed E-state index contributed by atoms with van der Waals surface area (Å²) in [4.78, 5) is 34.8. The molecule has 256 valence electrons. The summed E-state index contributed by atoms with van der Waals surface area (Å²) in [6.45, 7) is 14.6. The number of nitrogens with zero attached hydrogens (tertiary/aromatic N) is 4. The first-order valence-corrected chi connectivity index (χ1v) is 18.0. The van der Waals surface area contributed by atoms with Gasteiger partial charge in [0.15, 0.2) is 0 Å². The molecule has 1 aliphatic rings. The van der Waals surface area contributed by atoms with E-state index in [1.807, 2.05) is 61.2 Å². The minimum Gasteiger partial charge on any atom is -0.410 e. The maximum absolute atomic E-state index is 13.0. The molecule has 48 heavy (non-hydrogen) atoms. The number of amides is 2. The second-order valence-corrected chi connectivity index (χ2v) is 13.4. The highest BCUT2D eigenvalue weighted by Crippen LogP contribution is 2.24. The van der Waals surface area contributed by atoms with Crippen molar-refractivity contribution in [3.63, 3.8) is 0 Å². The van der Waals surface area contributed by atoms with Crippen LogP contribution in [0.15, 0.2) is 66.7 Å². The number of hydrogen-bond acceptors (Lipinski definition) is 5. The lowest BCUT2D eigenvalue weighted by Gasteiger charge is -2.28. The Morgan fingerprint density at radius 2 is 1.67 bits per heavy atom. The van der Waals surface area contributed by atoms with Gasteiger partial charge in [0.25, 0.3) is 5.91 Å². The summed E-state index contributed by atoms with van der Waals surface area (Å²) in [6, 6.07) is 22.3. The second-order valence-electron chi connectivity index (χ2n) is 13.4. The van der Waals surface area contributed by atoms with Crippen LogP contribution in [0.1, 0.15) is 92.7 Å². The Morgan fingerprint density at radius 1 is 0.917 bits per heavy atom. The molecule has 0 aliphatic carbocycles. The van der Waals surface area contributed by atoms with E-state index in [-0.39, 0.29) is 5.91 Å². The first kappa shape index (κ1) is 35.1. The predicted molar refractivity (Wildman–Crippen MR) is 194 cm³/mol. The summed E-state index contributed by atoms with van der Waals surface area (Å²) >= 11 is 0. The van der Waals surface area contributed by atoms with Gasteiger partial charge in [-0.2, -0.15) is 0 Å². The molecule has 1 N–H and O–H groups in total. The lowest BCUT2D eigenvalue weighted by atomic mass is 10.00. The molecule has 0 bridgehead atoms. The molecule has 2 amide bonds. The number of carbonyl (C=O) groups is 2. The Hall–Kier alpha value is -4.17. The molecule has 1 aromatic heterocycles. The number of fused-ring (bicyclic) bond motifs is 2. The summed E-state index contributed by atoms with van der Waals surface area (Å²) in [5.41, 5.74) is 6.61. The van der Waals surface area contributed by atoms with Crippen molar-refractivity contribution in [2.24, 2.45) is 5.92 Å². The summed E-state index contributed by atoms with van der Waals surface area (Å²) in [7, 11) is 0. The smallest absolute Gasteiger partial charge is 0.410 e. The third kappa shape index (κ3) is 9.47. The molecule has 0 atom stereocenters. The molecule has 0 unspecified atom stereocenters. The summed E-state index contributed by atoms with van der Waals surface area (Å²) in [6.07, 6.45) is 6.79. The van der Waals surface area contributed by atoms with E-state index in [4.69, 9.17) is 9.72 Å². The standard InChI is InChI=1S/C40H53N5O3/c1-5-44(6-2)39(46)33-17-20-37-36(28-33)42-38(45(37)26-21-30(3)4)27-31-15-18-35(19-16-31)48-40(47)41-23-11-7-8-12-24-43-25-22-32-13-9-10-14-34(32)29-43/h9-10,13-20,28,30H,5-8,11-12,21-27,29H2,1-4H3,(H,41,47). The predicted octanol–water partition coefficient (Wildman–Crippen LogP) is 7.86. The van der Waals surface area contributed by atoms with Crippen molar-refractivity contribution in [1.82, 2.24) is 24.7 Å². The molecule has 0 saturated carbocycles. The fraction of sp³-hybridized carbons (Fsp3) is 0.475. The van der Waals surface area contributed by atoms with Crippen molar-refractivity contribution in [2.45, 2.75) is 85.7 Å². The van der Waals surface area contributed by atoms with Crippen molar-refractivity contribution >= 4 is 23.0 Å². The molecular weight excluding hydrogens is 598 g/mol. The van der Waals surface area contributed by atoms with Gasteiger partial charge in [0.1, 0.15) is 11.6 Å². The van der Waals surface area contributed by atoms with Gasteiger partial charge in [-0.15, -0.1) is 0 Å². The van der Waals surface area contributed by atoms with Crippen molar-refractivity contribution in [1.29, 1.82) is 0 Å². The fourth-order valence-corrected chi connectivity index (χ4v) is 6.53. The SMILES string of the molecule is CCN(CC)C(=O)c1ccc2c(c1)nc(Cc1ccc(OC(=O)NCCCCCCN3CCc4ccccc4C3)cc1)n2CCC(C)C. The number of carbonyl (C=O) groups excluding carboxylic acids is 2. The van der Waals surface area contributed by atoms with Crippen molar-refractivity contribution in [2.75, 3.05) is 32.7 Å². The van der Waals surface area contributed by atoms with Crippen LogP contribution in [0.25, 0.3) is 11.0 Å². The Balaban J connectivity index is 1.08. The van der Waals surface area contributed by atoms with Crippen LogP contribution < -0.4 is 10.1 Å². The van der Waals surface area contributed by atoms with Gasteiger partial charge in [0, 0.05) is 51.3 Å². The molecule has 2 heterocycles. The summed E-state index contributed by atoms with van der Waals surface area (Å²) in [5.74, 6) is 2.08. The minimum absolute atomic E-state index is 0.0371. The van der Waals surface area contributed by atoms with Gasteiger partial charge in [-0.3, -0.25) is 9.69 Å². The molecule has 0 saturated heterocycles. The molecule has 4 aromatic rings. The van der Waals surface area contributed by atoms with E-state index >= 15 is 0 Å². The van der Waals surface area contributed by atoms with Gasteiger partial charge in [0.05, 0.1) is 11.0 Å². The van der Waals surface area contributed by atoms with Crippen LogP contribution >= 0.6 is 0 Å². The maximum atomic E-state index is 13.0. The van der Waals surface area contributed by atoms with Crippen molar-refractivity contribution < 1.29 is 14.3 Å². The summed E-state index contributed by atoms with van der Waals surface area (Å²) in [5, 5.41) is 2.90. The van der Waals surface area contributed by atoms with Gasteiger partial charge < -0.3 is 19.5 Å². The van der Waals surface area contributed by atoms with Gasteiger partial charge in [-0.1, -0.05) is 63.1 Å². The largest absolute Gasteiger partial charge is 0.412 e. The average Bonchev–Trinajstić information content (AvgIpc) is 3.43. The average molecular weight is 652 g/mol. The quantitative estimate of drug-likeness (QED) is 0.125. The van der Waals surface area contributed by atoms with Crippen LogP contribution in [-0.2, 0) is 25.9 Å². The molecular formula is C40H53N5O3. The van der Waals surface area contributed by atoms with Crippen LogP contribution in [0.2, 0.25) is 0 Å². The minimum atomic E-state index is -0.416. The highest BCUT2D eigenvalue weighted by molar-refractivity contribution is 5.97. The third-order valence-electron chi connectivity index (χ3n) is 9.43. The topological polar surface area (TPSA) is 79.7 Å². The molecule has 1 aliphatic heterocycles. The molecule has 3 aromatic carbocycles. The zero-order chi connectivity index (χ0) is 33.9. The maximum Gasteiger partial charge on any atom is 0.412 e. The number of benzene rings is 3. The Kier molecular flexibility index (Phi) is 12.7. The number of imidazole rings is 1. The fourth-order valence-electron chi connectivity index (χ4n) is 6.53. The number of aromatic nitrogens is 2. The van der Waals surface area contributed by atoms with E-state index in [1.165, 1.54) is 17.5 Å². The monoisotopic (exact) mass is 651 g/mol. The van der Waals surface area contributed by atoms with Crippen molar-refractivity contribution in [3.8, 4) is 5.75 Å². The molecule has 8 heteroatoms. The van der Waals surface area contributed by atoms with Crippen LogP contribution in [0.3, 0.4) is 0 Å². The lowest BCUT2D eigenvalue weighted by molar-refractivity contribution is 0.0773. The molecule has 0 radical (unpaired) electrons. The van der Waals surface area contributed by atoms with Crippen molar-refractivity contribution in [3.05, 3.63) is 94.8 Å². The lowest BCUT2D eigenvalue weighted by Crippen LogP contribution is -2.31. The van der Waals surface area contributed by atoms with E-state index in [0.717, 1.165) is 80.7 Å². The third-order valence-corrected chi connectivity index (χ3v) is 9.43.